The third kappa shape index (κ3) is 2.85. The zero-order valence-corrected chi connectivity index (χ0v) is 15.6. The number of fused-ring (bicyclic) bond motifs is 1. The molecule has 0 aliphatic carbocycles. The molecule has 0 bridgehead atoms. The Morgan fingerprint density at radius 3 is 2.58 bits per heavy atom. The first-order valence-corrected chi connectivity index (χ1v) is 9.12. The van der Waals surface area contributed by atoms with E-state index in [1.165, 1.54) is 16.6 Å². The van der Waals surface area contributed by atoms with Crippen molar-refractivity contribution in [3.05, 3.63) is 47.4 Å². The molecule has 3 aromatic rings. The molecule has 1 aliphatic heterocycles. The normalized spacial score (nSPS) is 15.0. The van der Waals surface area contributed by atoms with Crippen molar-refractivity contribution in [1.82, 2.24) is 19.7 Å². The molecule has 1 N–H and O–H groups in total. The molecule has 26 heavy (non-hydrogen) atoms. The number of aromatic nitrogens is 3. The molecular formula is C20H25N5O. The van der Waals surface area contributed by atoms with Gasteiger partial charge in [0.25, 0.3) is 0 Å². The fourth-order valence-corrected chi connectivity index (χ4v) is 4.03. The molecule has 2 aromatic heterocycles. The van der Waals surface area contributed by atoms with E-state index in [9.17, 15) is 4.79 Å². The van der Waals surface area contributed by atoms with Crippen molar-refractivity contribution in [3.8, 4) is 0 Å². The minimum absolute atomic E-state index is 0.210. The minimum atomic E-state index is 0.210. The van der Waals surface area contributed by atoms with E-state index < -0.39 is 0 Å². The molecule has 3 heterocycles. The average molecular weight is 351 g/mol. The van der Waals surface area contributed by atoms with Crippen molar-refractivity contribution < 1.29 is 4.79 Å². The molecule has 0 unspecified atom stereocenters. The van der Waals surface area contributed by atoms with Gasteiger partial charge < -0.3 is 14.4 Å². The maximum absolute atomic E-state index is 12.8. The van der Waals surface area contributed by atoms with Crippen LogP contribution in [0, 0.1) is 13.8 Å². The molecule has 1 saturated heterocycles. The van der Waals surface area contributed by atoms with Crippen LogP contribution in [0.2, 0.25) is 0 Å². The number of carbonyl (C=O) groups excluding carboxylic acids is 1. The van der Waals surface area contributed by atoms with Gasteiger partial charge in [0.05, 0.1) is 23.5 Å². The first kappa shape index (κ1) is 16.7. The Balaban J connectivity index is 1.44. The second-order valence-corrected chi connectivity index (χ2v) is 7.11. The summed E-state index contributed by atoms with van der Waals surface area (Å²) in [7, 11) is 2.03. The topological polar surface area (TPSA) is 57.2 Å². The number of nitrogens with zero attached hydrogens (tertiary/aromatic N) is 4. The van der Waals surface area contributed by atoms with Gasteiger partial charge in [0.1, 0.15) is 0 Å². The molecule has 0 saturated carbocycles. The van der Waals surface area contributed by atoms with Crippen LogP contribution >= 0.6 is 0 Å². The van der Waals surface area contributed by atoms with E-state index in [4.69, 9.17) is 0 Å². The Kier molecular flexibility index (Phi) is 4.18. The molecule has 0 radical (unpaired) electrons. The van der Waals surface area contributed by atoms with Gasteiger partial charge in [-0.25, -0.2) is 0 Å². The maximum Gasteiger partial charge on any atom is 0.227 e. The molecular weight excluding hydrogens is 326 g/mol. The second kappa shape index (κ2) is 6.52. The summed E-state index contributed by atoms with van der Waals surface area (Å²) in [6, 6.07) is 8.26. The monoisotopic (exact) mass is 351 g/mol. The van der Waals surface area contributed by atoms with Crippen LogP contribution in [0.3, 0.4) is 0 Å². The summed E-state index contributed by atoms with van der Waals surface area (Å²) in [4.78, 5) is 17.1. The first-order chi connectivity index (χ1) is 12.5. The molecule has 0 atom stereocenters. The van der Waals surface area contributed by atoms with Gasteiger partial charge in [0.15, 0.2) is 0 Å². The number of H-pyrrole nitrogens is 1. The van der Waals surface area contributed by atoms with Crippen molar-refractivity contribution in [2.75, 3.05) is 31.1 Å². The van der Waals surface area contributed by atoms with Crippen molar-refractivity contribution in [3.63, 3.8) is 0 Å². The first-order valence-electron chi connectivity index (χ1n) is 9.12. The zero-order valence-electron chi connectivity index (χ0n) is 15.6. The Bertz CT molecular complexity index is 927. The second-order valence-electron chi connectivity index (χ2n) is 7.11. The third-order valence-electron chi connectivity index (χ3n) is 5.36. The van der Waals surface area contributed by atoms with E-state index in [-0.39, 0.29) is 5.91 Å². The summed E-state index contributed by atoms with van der Waals surface area (Å²) < 4.78 is 2.10. The molecule has 136 valence electrons. The van der Waals surface area contributed by atoms with Gasteiger partial charge in [0, 0.05) is 50.3 Å². The highest BCUT2D eigenvalue weighted by Crippen LogP contribution is 2.24. The van der Waals surface area contributed by atoms with Crippen LogP contribution in [-0.2, 0) is 18.3 Å². The number of rotatable bonds is 3. The van der Waals surface area contributed by atoms with E-state index in [2.05, 4.69) is 38.0 Å². The van der Waals surface area contributed by atoms with Crippen LogP contribution < -0.4 is 4.90 Å². The highest BCUT2D eigenvalue weighted by atomic mass is 16.2. The van der Waals surface area contributed by atoms with E-state index in [1.54, 1.807) is 0 Å². The van der Waals surface area contributed by atoms with E-state index in [0.29, 0.717) is 6.42 Å². The Morgan fingerprint density at radius 2 is 1.88 bits per heavy atom. The number of carbonyl (C=O) groups is 1. The quantitative estimate of drug-likeness (QED) is 0.788. The largest absolute Gasteiger partial charge is 0.365 e. The lowest BCUT2D eigenvalue weighted by atomic mass is 10.1. The van der Waals surface area contributed by atoms with Gasteiger partial charge in [-0.15, -0.1) is 0 Å². The Morgan fingerprint density at radius 1 is 1.15 bits per heavy atom. The van der Waals surface area contributed by atoms with Gasteiger partial charge in [-0.1, -0.05) is 18.2 Å². The lowest BCUT2D eigenvalue weighted by Crippen LogP contribution is -2.49. The Hall–Kier alpha value is -2.76. The third-order valence-corrected chi connectivity index (χ3v) is 5.36. The lowest BCUT2D eigenvalue weighted by Gasteiger charge is -2.36. The standard InChI is InChI=1S/C20H25N5O/c1-14-20(15(2)22-21-14)25-10-8-24(9-11-25)19(26)12-16-13-23(3)18-7-5-4-6-17(16)18/h4-7,13H,8-12H2,1-3H3,(H,21,22). The van der Waals surface area contributed by atoms with Crippen molar-refractivity contribution >= 4 is 22.5 Å². The number of aryl methyl sites for hydroxylation is 3. The average Bonchev–Trinajstić information content (AvgIpc) is 3.15. The number of aromatic amines is 1. The van der Waals surface area contributed by atoms with Crippen LogP contribution in [0.15, 0.2) is 30.5 Å². The van der Waals surface area contributed by atoms with Gasteiger partial charge in [-0.05, 0) is 25.5 Å². The van der Waals surface area contributed by atoms with Gasteiger partial charge in [-0.3, -0.25) is 9.89 Å². The maximum atomic E-state index is 12.8. The molecule has 1 amide bonds. The summed E-state index contributed by atoms with van der Waals surface area (Å²) in [5.74, 6) is 0.210. The van der Waals surface area contributed by atoms with Crippen molar-refractivity contribution in [2.24, 2.45) is 7.05 Å². The predicted octanol–water partition coefficient (Wildman–Crippen LogP) is 2.41. The van der Waals surface area contributed by atoms with E-state index >= 15 is 0 Å². The minimum Gasteiger partial charge on any atom is -0.365 e. The molecule has 1 aliphatic rings. The number of nitrogens with one attached hydrogen (secondary N) is 1. The Labute approximate surface area is 153 Å². The summed E-state index contributed by atoms with van der Waals surface area (Å²) in [6.07, 6.45) is 2.54. The number of benzene rings is 1. The molecule has 6 nitrogen and oxygen atoms in total. The predicted molar refractivity (Wildman–Crippen MR) is 103 cm³/mol. The van der Waals surface area contributed by atoms with Crippen LogP contribution in [0.5, 0.6) is 0 Å². The molecule has 1 fully saturated rings. The van der Waals surface area contributed by atoms with Crippen molar-refractivity contribution in [1.29, 1.82) is 0 Å². The van der Waals surface area contributed by atoms with E-state index in [0.717, 1.165) is 43.1 Å². The molecule has 4 rings (SSSR count). The van der Waals surface area contributed by atoms with Crippen LogP contribution in [0.4, 0.5) is 5.69 Å². The number of anilines is 1. The van der Waals surface area contributed by atoms with Crippen molar-refractivity contribution in [2.45, 2.75) is 20.3 Å². The van der Waals surface area contributed by atoms with Crippen LogP contribution in [0.25, 0.3) is 10.9 Å². The van der Waals surface area contributed by atoms with Gasteiger partial charge in [-0.2, -0.15) is 5.10 Å². The number of piperazine rings is 1. The molecule has 0 spiro atoms. The number of hydrogen-bond donors (Lipinski definition) is 1. The summed E-state index contributed by atoms with van der Waals surface area (Å²) in [6.45, 7) is 7.29. The highest BCUT2D eigenvalue weighted by Gasteiger charge is 2.24. The number of para-hydroxylation sites is 1. The summed E-state index contributed by atoms with van der Waals surface area (Å²) in [5, 5.41) is 8.50. The highest BCUT2D eigenvalue weighted by molar-refractivity contribution is 5.89. The zero-order chi connectivity index (χ0) is 18.3. The van der Waals surface area contributed by atoms with Gasteiger partial charge in [0.2, 0.25) is 5.91 Å². The lowest BCUT2D eigenvalue weighted by molar-refractivity contribution is -0.130. The molecule has 6 heteroatoms. The van der Waals surface area contributed by atoms with Crippen LogP contribution in [-0.4, -0.2) is 51.8 Å². The fourth-order valence-electron chi connectivity index (χ4n) is 4.03. The fraction of sp³-hybridized carbons (Fsp3) is 0.400. The summed E-state index contributed by atoms with van der Waals surface area (Å²) >= 11 is 0. The summed E-state index contributed by atoms with van der Waals surface area (Å²) in [5.41, 5.74) is 5.59. The number of amides is 1. The number of hydrogen-bond acceptors (Lipinski definition) is 3. The smallest absolute Gasteiger partial charge is 0.227 e. The van der Waals surface area contributed by atoms with E-state index in [1.807, 2.05) is 37.9 Å². The van der Waals surface area contributed by atoms with Crippen LogP contribution in [0.1, 0.15) is 17.0 Å². The SMILES string of the molecule is Cc1n[nH]c(C)c1N1CCN(C(=O)Cc2cn(C)c3ccccc23)CC1. The van der Waals surface area contributed by atoms with Gasteiger partial charge >= 0.3 is 0 Å². The molecule has 1 aromatic carbocycles.